The minimum Gasteiger partial charge on any atom is -0.297 e. The predicted molar refractivity (Wildman–Crippen MR) is 72.7 cm³/mol. The van der Waals surface area contributed by atoms with Gasteiger partial charge in [0.1, 0.15) is 4.64 Å². The van der Waals surface area contributed by atoms with Crippen molar-refractivity contribution in [2.24, 2.45) is 0 Å². The third-order valence-electron chi connectivity index (χ3n) is 2.45. The smallest absolute Gasteiger partial charge is 0.127 e. The van der Waals surface area contributed by atoms with Gasteiger partial charge in [0.05, 0.1) is 5.69 Å². The van der Waals surface area contributed by atoms with E-state index in [0.29, 0.717) is 5.92 Å². The molecular formula is C12H13BrN2S. The molecule has 0 aliphatic carbocycles. The van der Waals surface area contributed by atoms with Gasteiger partial charge in [-0.3, -0.25) is 5.10 Å². The van der Waals surface area contributed by atoms with Gasteiger partial charge in [0, 0.05) is 10.2 Å². The molecule has 1 aromatic carbocycles. The number of aromatic amines is 1. The van der Waals surface area contributed by atoms with E-state index >= 15 is 0 Å². The highest BCUT2D eigenvalue weighted by molar-refractivity contribution is 9.10. The van der Waals surface area contributed by atoms with Crippen LogP contribution in [0.2, 0.25) is 0 Å². The molecule has 4 heteroatoms. The van der Waals surface area contributed by atoms with Crippen molar-refractivity contribution in [3.05, 3.63) is 45.1 Å². The number of aromatic nitrogens is 2. The lowest BCUT2D eigenvalue weighted by molar-refractivity contribution is 0.765. The number of hydrogen-bond acceptors (Lipinski definition) is 1. The lowest BCUT2D eigenvalue weighted by Crippen LogP contribution is -1.97. The van der Waals surface area contributed by atoms with Gasteiger partial charge in [-0.15, -0.1) is 0 Å². The maximum absolute atomic E-state index is 5.33. The number of nitrogens with one attached hydrogen (secondary N) is 1. The van der Waals surface area contributed by atoms with Gasteiger partial charge in [-0.25, -0.2) is 4.68 Å². The molecule has 16 heavy (non-hydrogen) atoms. The molecule has 2 aromatic rings. The van der Waals surface area contributed by atoms with Crippen molar-refractivity contribution in [3.63, 3.8) is 0 Å². The molecule has 1 N–H and O–H groups in total. The molecule has 84 valence electrons. The summed E-state index contributed by atoms with van der Waals surface area (Å²) in [6.07, 6.45) is 0. The van der Waals surface area contributed by atoms with E-state index in [1.165, 1.54) is 0 Å². The zero-order valence-electron chi connectivity index (χ0n) is 9.20. The molecular weight excluding hydrogens is 284 g/mol. The molecule has 0 amide bonds. The minimum absolute atomic E-state index is 0.457. The second-order valence-electron chi connectivity index (χ2n) is 4.02. The Morgan fingerprint density at radius 3 is 2.38 bits per heavy atom. The molecule has 1 aromatic heterocycles. The summed E-state index contributed by atoms with van der Waals surface area (Å²) in [5, 5.41) is 3.31. The molecule has 0 aliphatic rings. The first-order chi connectivity index (χ1) is 7.58. The molecule has 2 nitrogen and oxygen atoms in total. The topological polar surface area (TPSA) is 20.7 Å². The van der Waals surface area contributed by atoms with E-state index in [9.17, 15) is 0 Å². The van der Waals surface area contributed by atoms with Crippen LogP contribution < -0.4 is 0 Å². The Balaban J connectivity index is 2.48. The number of rotatable bonds is 2. The molecule has 0 aliphatic heterocycles. The van der Waals surface area contributed by atoms with E-state index in [4.69, 9.17) is 12.2 Å². The van der Waals surface area contributed by atoms with Gasteiger partial charge in [0.15, 0.2) is 0 Å². The van der Waals surface area contributed by atoms with Crippen molar-refractivity contribution in [2.75, 3.05) is 0 Å². The molecule has 0 atom stereocenters. The number of halogens is 1. The van der Waals surface area contributed by atoms with Crippen LogP contribution in [0.5, 0.6) is 0 Å². The average Bonchev–Trinajstić information content (AvgIpc) is 2.62. The van der Waals surface area contributed by atoms with Crippen LogP contribution >= 0.6 is 28.1 Å². The van der Waals surface area contributed by atoms with E-state index < -0.39 is 0 Å². The van der Waals surface area contributed by atoms with Crippen molar-refractivity contribution in [3.8, 4) is 5.69 Å². The number of H-pyrrole nitrogens is 1. The van der Waals surface area contributed by atoms with Crippen LogP contribution in [0.1, 0.15) is 25.5 Å². The van der Waals surface area contributed by atoms with Crippen molar-refractivity contribution < 1.29 is 0 Å². The van der Waals surface area contributed by atoms with Gasteiger partial charge in [-0.1, -0.05) is 42.0 Å². The summed E-state index contributed by atoms with van der Waals surface area (Å²) in [7, 11) is 0. The lowest BCUT2D eigenvalue weighted by atomic mass is 10.1. The van der Waals surface area contributed by atoms with Crippen molar-refractivity contribution >= 4 is 28.1 Å². The summed E-state index contributed by atoms with van der Waals surface area (Å²) in [4.78, 5) is 0. The summed E-state index contributed by atoms with van der Waals surface area (Å²) < 4.78 is 3.81. The van der Waals surface area contributed by atoms with E-state index in [-0.39, 0.29) is 0 Å². The summed E-state index contributed by atoms with van der Waals surface area (Å²) in [6, 6.07) is 10.1. The van der Waals surface area contributed by atoms with Crippen LogP contribution in [0.3, 0.4) is 0 Å². The van der Waals surface area contributed by atoms with E-state index in [1.807, 2.05) is 35.0 Å². The van der Waals surface area contributed by atoms with Crippen molar-refractivity contribution in [2.45, 2.75) is 19.8 Å². The summed E-state index contributed by atoms with van der Waals surface area (Å²) in [6.45, 7) is 4.29. The fourth-order valence-corrected chi connectivity index (χ4v) is 2.03. The normalized spacial score (nSPS) is 11.0. The summed E-state index contributed by atoms with van der Waals surface area (Å²) >= 11 is 8.75. The van der Waals surface area contributed by atoms with E-state index in [0.717, 1.165) is 20.5 Å². The monoisotopic (exact) mass is 296 g/mol. The zero-order valence-corrected chi connectivity index (χ0v) is 11.6. The molecule has 0 saturated carbocycles. The fraction of sp³-hybridized carbons (Fsp3) is 0.250. The van der Waals surface area contributed by atoms with Gasteiger partial charge < -0.3 is 0 Å². The van der Waals surface area contributed by atoms with Crippen LogP contribution in [0.15, 0.2) is 34.8 Å². The molecule has 0 fully saturated rings. The van der Waals surface area contributed by atoms with Crippen LogP contribution in [0.4, 0.5) is 0 Å². The minimum atomic E-state index is 0.457. The summed E-state index contributed by atoms with van der Waals surface area (Å²) in [5.74, 6) is 0.457. The van der Waals surface area contributed by atoms with Crippen LogP contribution in [0.25, 0.3) is 5.69 Å². The Hall–Kier alpha value is -0.870. The maximum Gasteiger partial charge on any atom is 0.127 e. The molecule has 0 radical (unpaired) electrons. The van der Waals surface area contributed by atoms with Crippen molar-refractivity contribution in [1.29, 1.82) is 0 Å². The lowest BCUT2D eigenvalue weighted by Gasteiger charge is -2.04. The maximum atomic E-state index is 5.33. The van der Waals surface area contributed by atoms with Gasteiger partial charge in [0.2, 0.25) is 0 Å². The Morgan fingerprint density at radius 1 is 1.25 bits per heavy atom. The molecule has 2 rings (SSSR count). The largest absolute Gasteiger partial charge is 0.297 e. The van der Waals surface area contributed by atoms with E-state index in [2.05, 4.69) is 34.9 Å². The van der Waals surface area contributed by atoms with Gasteiger partial charge in [-0.2, -0.15) is 0 Å². The van der Waals surface area contributed by atoms with E-state index in [1.54, 1.807) is 0 Å². The number of hydrogen-bond donors (Lipinski definition) is 1. The number of nitrogens with zero attached hydrogens (tertiary/aromatic N) is 1. The molecule has 0 bridgehead atoms. The Labute approximate surface area is 108 Å². The Bertz CT molecular complexity index is 537. The SMILES string of the molecule is CC(C)c1cc(=S)n(-c2ccc(Br)cc2)[nH]1. The number of benzene rings is 1. The first-order valence-corrected chi connectivity index (χ1v) is 6.36. The molecule has 0 unspecified atom stereocenters. The van der Waals surface area contributed by atoms with Crippen molar-refractivity contribution in [1.82, 2.24) is 9.78 Å². The predicted octanol–water partition coefficient (Wildman–Crippen LogP) is 4.42. The zero-order chi connectivity index (χ0) is 11.7. The molecule has 1 heterocycles. The van der Waals surface area contributed by atoms with Crippen LogP contribution in [-0.2, 0) is 0 Å². The summed E-state index contributed by atoms with van der Waals surface area (Å²) in [5.41, 5.74) is 2.22. The van der Waals surface area contributed by atoms with Crippen LogP contribution in [0, 0.1) is 4.64 Å². The standard InChI is InChI=1S/C12H13BrN2S/c1-8(2)11-7-12(16)15(14-11)10-5-3-9(13)4-6-10/h3-8,14H,1-2H3. The van der Waals surface area contributed by atoms with Crippen LogP contribution in [-0.4, -0.2) is 9.78 Å². The third kappa shape index (κ3) is 2.28. The fourth-order valence-electron chi connectivity index (χ4n) is 1.49. The average molecular weight is 297 g/mol. The second-order valence-corrected chi connectivity index (χ2v) is 5.35. The van der Waals surface area contributed by atoms with Gasteiger partial charge >= 0.3 is 0 Å². The van der Waals surface area contributed by atoms with Gasteiger partial charge in [0.25, 0.3) is 0 Å². The first-order valence-electron chi connectivity index (χ1n) is 5.16. The third-order valence-corrected chi connectivity index (χ3v) is 3.28. The quantitative estimate of drug-likeness (QED) is 0.814. The highest BCUT2D eigenvalue weighted by atomic mass is 79.9. The molecule has 0 saturated heterocycles. The molecule has 0 spiro atoms. The van der Waals surface area contributed by atoms with Gasteiger partial charge in [-0.05, 0) is 36.2 Å². The Kier molecular flexibility index (Phi) is 3.30. The highest BCUT2D eigenvalue weighted by Crippen LogP contribution is 2.17. The second kappa shape index (κ2) is 4.55. The highest BCUT2D eigenvalue weighted by Gasteiger charge is 2.05. The first kappa shape index (κ1) is 11.6. The Morgan fingerprint density at radius 2 is 1.88 bits per heavy atom.